The third kappa shape index (κ3) is 5.34. The molecule has 0 aromatic heterocycles. The van der Waals surface area contributed by atoms with Crippen molar-refractivity contribution in [3.8, 4) is 0 Å². The summed E-state index contributed by atoms with van der Waals surface area (Å²) in [6, 6.07) is 8.80. The number of hydrogen-bond acceptors (Lipinski definition) is 2. The molecule has 1 fully saturated rings. The van der Waals surface area contributed by atoms with Crippen LogP contribution in [0.1, 0.15) is 52.5 Å². The van der Waals surface area contributed by atoms with Gasteiger partial charge in [-0.1, -0.05) is 49.2 Å². The zero-order chi connectivity index (χ0) is 17.7. The first-order chi connectivity index (χ1) is 11.3. The number of piperidine rings is 1. The van der Waals surface area contributed by atoms with E-state index in [4.69, 9.17) is 16.3 Å². The van der Waals surface area contributed by atoms with Crippen LogP contribution in [0.4, 0.5) is 0 Å². The predicted molar refractivity (Wildman–Crippen MR) is 104 cm³/mol. The molecular formula is C21H32ClNO. The van der Waals surface area contributed by atoms with Crippen molar-refractivity contribution < 1.29 is 4.74 Å². The second kappa shape index (κ2) is 8.51. The molecule has 0 spiro atoms. The van der Waals surface area contributed by atoms with Gasteiger partial charge in [0.15, 0.2) is 0 Å². The number of likely N-dealkylation sites (tertiary alicyclic amines) is 1. The molecule has 1 aliphatic rings. The first-order valence-electron chi connectivity index (χ1n) is 9.00. The van der Waals surface area contributed by atoms with E-state index in [1.807, 2.05) is 19.2 Å². The van der Waals surface area contributed by atoms with Crippen molar-refractivity contribution in [2.45, 2.75) is 64.5 Å². The molecule has 1 aliphatic heterocycles. The van der Waals surface area contributed by atoms with Crippen molar-refractivity contribution in [1.82, 2.24) is 4.90 Å². The summed E-state index contributed by atoms with van der Waals surface area (Å²) in [7, 11) is 1.83. The molecule has 0 radical (unpaired) electrons. The Morgan fingerprint density at radius 1 is 1.25 bits per heavy atom. The molecule has 1 aromatic carbocycles. The summed E-state index contributed by atoms with van der Waals surface area (Å²) in [5.41, 5.74) is 2.85. The Morgan fingerprint density at radius 3 is 2.33 bits per heavy atom. The van der Waals surface area contributed by atoms with Crippen molar-refractivity contribution >= 4 is 11.6 Å². The fourth-order valence-electron chi connectivity index (χ4n) is 3.66. The van der Waals surface area contributed by atoms with E-state index in [0.717, 1.165) is 37.4 Å². The molecule has 1 aromatic rings. The highest BCUT2D eigenvalue weighted by molar-refractivity contribution is 6.30. The van der Waals surface area contributed by atoms with Gasteiger partial charge in [0.2, 0.25) is 0 Å². The average molecular weight is 350 g/mol. The van der Waals surface area contributed by atoms with Crippen LogP contribution in [0.5, 0.6) is 0 Å². The van der Waals surface area contributed by atoms with E-state index in [9.17, 15) is 0 Å². The molecular weight excluding hydrogens is 318 g/mol. The number of methoxy groups -OCH3 is 1. The van der Waals surface area contributed by atoms with Gasteiger partial charge in [-0.15, -0.1) is 0 Å². The highest BCUT2D eigenvalue weighted by Gasteiger charge is 2.30. The molecule has 1 unspecified atom stereocenters. The summed E-state index contributed by atoms with van der Waals surface area (Å²) >= 11 is 6.06. The standard InChI is InChI=1S/C21H32ClNO/c1-16(2)14-19(23-12-10-20(24-5)11-13-23)15-21(3,4)17-6-8-18(22)9-7-17/h6-9,14,19-20H,10-13,15H2,1-5H3. The molecule has 1 atom stereocenters. The van der Waals surface area contributed by atoms with Crippen LogP contribution in [0, 0.1) is 0 Å². The maximum Gasteiger partial charge on any atom is 0.0595 e. The lowest BCUT2D eigenvalue weighted by atomic mass is 9.78. The second-order valence-corrected chi connectivity index (χ2v) is 8.31. The molecule has 0 N–H and O–H groups in total. The van der Waals surface area contributed by atoms with Gasteiger partial charge in [0.1, 0.15) is 0 Å². The van der Waals surface area contributed by atoms with Gasteiger partial charge < -0.3 is 4.74 Å². The Bertz CT molecular complexity index is 537. The summed E-state index contributed by atoms with van der Waals surface area (Å²) in [6.07, 6.45) is 6.23. The summed E-state index contributed by atoms with van der Waals surface area (Å²) in [6.45, 7) is 11.3. The zero-order valence-electron chi connectivity index (χ0n) is 15.8. The molecule has 2 rings (SSSR count). The molecule has 1 saturated heterocycles. The summed E-state index contributed by atoms with van der Waals surface area (Å²) in [5.74, 6) is 0. The van der Waals surface area contributed by atoms with Crippen molar-refractivity contribution in [1.29, 1.82) is 0 Å². The Labute approximate surface area is 152 Å². The third-order valence-corrected chi connectivity index (χ3v) is 5.40. The predicted octanol–water partition coefficient (Wildman–Crippen LogP) is 5.45. The number of halogens is 1. The topological polar surface area (TPSA) is 12.5 Å². The van der Waals surface area contributed by atoms with Crippen molar-refractivity contribution in [3.05, 3.63) is 46.5 Å². The molecule has 0 saturated carbocycles. The van der Waals surface area contributed by atoms with E-state index >= 15 is 0 Å². The van der Waals surface area contributed by atoms with Crippen molar-refractivity contribution in [3.63, 3.8) is 0 Å². The highest BCUT2D eigenvalue weighted by atomic mass is 35.5. The van der Waals surface area contributed by atoms with E-state index in [-0.39, 0.29) is 5.41 Å². The molecule has 3 heteroatoms. The molecule has 24 heavy (non-hydrogen) atoms. The number of benzene rings is 1. The van der Waals surface area contributed by atoms with Gasteiger partial charge in [-0.25, -0.2) is 0 Å². The SMILES string of the molecule is COC1CCN(C(C=C(C)C)CC(C)(C)c2ccc(Cl)cc2)CC1. The van der Waals surface area contributed by atoms with Gasteiger partial charge in [0.25, 0.3) is 0 Å². The van der Waals surface area contributed by atoms with E-state index in [1.165, 1.54) is 11.1 Å². The Kier molecular flexibility index (Phi) is 6.91. The van der Waals surface area contributed by atoms with E-state index in [1.54, 1.807) is 0 Å². The lowest BCUT2D eigenvalue weighted by molar-refractivity contribution is 0.0299. The van der Waals surface area contributed by atoms with Crippen LogP contribution in [-0.4, -0.2) is 37.2 Å². The first-order valence-corrected chi connectivity index (χ1v) is 9.37. The minimum atomic E-state index is 0.110. The molecule has 0 bridgehead atoms. The fourth-order valence-corrected chi connectivity index (χ4v) is 3.79. The number of nitrogens with zero attached hydrogens (tertiary/aromatic N) is 1. The van der Waals surface area contributed by atoms with Crippen LogP contribution in [0.25, 0.3) is 0 Å². The Hall–Kier alpha value is -0.830. The van der Waals surface area contributed by atoms with E-state index < -0.39 is 0 Å². The largest absolute Gasteiger partial charge is 0.381 e. The zero-order valence-corrected chi connectivity index (χ0v) is 16.6. The number of rotatable bonds is 6. The van der Waals surface area contributed by atoms with Gasteiger partial charge in [0, 0.05) is 31.3 Å². The maximum absolute atomic E-state index is 6.06. The molecule has 2 nitrogen and oxygen atoms in total. The van der Waals surface area contributed by atoms with Crippen LogP contribution in [-0.2, 0) is 10.2 Å². The number of hydrogen-bond donors (Lipinski definition) is 0. The summed E-state index contributed by atoms with van der Waals surface area (Å²) in [4.78, 5) is 2.63. The summed E-state index contributed by atoms with van der Waals surface area (Å²) < 4.78 is 5.53. The molecule has 0 aliphatic carbocycles. The molecule has 1 heterocycles. The molecule has 0 amide bonds. The van der Waals surface area contributed by atoms with Crippen LogP contribution in [0.2, 0.25) is 5.02 Å². The fraction of sp³-hybridized carbons (Fsp3) is 0.619. The minimum absolute atomic E-state index is 0.110. The minimum Gasteiger partial charge on any atom is -0.381 e. The van der Waals surface area contributed by atoms with Gasteiger partial charge in [0.05, 0.1) is 6.10 Å². The first kappa shape index (κ1) is 19.5. The van der Waals surface area contributed by atoms with Gasteiger partial charge in [-0.05, 0) is 56.2 Å². The van der Waals surface area contributed by atoms with Gasteiger partial charge >= 0.3 is 0 Å². The third-order valence-electron chi connectivity index (χ3n) is 5.15. The van der Waals surface area contributed by atoms with Crippen molar-refractivity contribution in [2.24, 2.45) is 0 Å². The number of ether oxygens (including phenoxy) is 1. The maximum atomic E-state index is 6.06. The van der Waals surface area contributed by atoms with Crippen LogP contribution in [0.3, 0.4) is 0 Å². The monoisotopic (exact) mass is 349 g/mol. The quantitative estimate of drug-likeness (QED) is 0.633. The second-order valence-electron chi connectivity index (χ2n) is 7.88. The van der Waals surface area contributed by atoms with Crippen molar-refractivity contribution in [2.75, 3.05) is 20.2 Å². The highest BCUT2D eigenvalue weighted by Crippen LogP contribution is 2.32. The van der Waals surface area contributed by atoms with E-state index in [0.29, 0.717) is 12.1 Å². The lowest BCUT2D eigenvalue weighted by Gasteiger charge is -2.39. The average Bonchev–Trinajstić information content (AvgIpc) is 2.54. The number of allylic oxidation sites excluding steroid dienone is 1. The summed E-state index contributed by atoms with van der Waals surface area (Å²) in [5, 5.41) is 0.803. The van der Waals surface area contributed by atoms with E-state index in [2.05, 4.69) is 50.8 Å². The van der Waals surface area contributed by atoms with Gasteiger partial charge in [-0.3, -0.25) is 4.90 Å². The van der Waals surface area contributed by atoms with Gasteiger partial charge in [-0.2, -0.15) is 0 Å². The van der Waals surface area contributed by atoms with Crippen LogP contribution >= 0.6 is 11.6 Å². The Balaban J connectivity index is 2.13. The normalized spacial score (nSPS) is 18.4. The van der Waals surface area contributed by atoms with Crippen LogP contribution in [0.15, 0.2) is 35.9 Å². The van der Waals surface area contributed by atoms with Crippen LogP contribution < -0.4 is 0 Å². The lowest BCUT2D eigenvalue weighted by Crippen LogP contribution is -2.44. The Morgan fingerprint density at radius 2 is 1.83 bits per heavy atom. The smallest absolute Gasteiger partial charge is 0.0595 e. The molecule has 134 valence electrons.